The summed E-state index contributed by atoms with van der Waals surface area (Å²) in [6.07, 6.45) is -0.144. The van der Waals surface area contributed by atoms with Crippen molar-refractivity contribution in [1.29, 1.82) is 0 Å². The molecule has 0 bridgehead atoms. The zero-order valence-corrected chi connectivity index (χ0v) is 14.7. The predicted octanol–water partition coefficient (Wildman–Crippen LogP) is 2.68. The molecule has 1 rings (SSSR count). The van der Waals surface area contributed by atoms with Gasteiger partial charge >= 0.3 is 12.1 Å². The van der Waals surface area contributed by atoms with Crippen LogP contribution in [0.5, 0.6) is 5.75 Å². The SMILES string of the molecule is COc1ccc(C/C(C)=N/OC(=O)CNC(=O)OC(C)(C)C)cc1. The van der Waals surface area contributed by atoms with Gasteiger partial charge in [0.1, 0.15) is 17.9 Å². The third-order valence-electron chi connectivity index (χ3n) is 2.70. The molecule has 1 aromatic rings. The van der Waals surface area contributed by atoms with E-state index in [4.69, 9.17) is 14.3 Å². The van der Waals surface area contributed by atoms with Crippen LogP contribution in [0.3, 0.4) is 0 Å². The molecule has 0 saturated carbocycles. The van der Waals surface area contributed by atoms with Crippen molar-refractivity contribution in [2.75, 3.05) is 13.7 Å². The van der Waals surface area contributed by atoms with Crippen molar-refractivity contribution >= 4 is 17.8 Å². The lowest BCUT2D eigenvalue weighted by atomic mass is 10.1. The molecule has 0 aliphatic carbocycles. The smallest absolute Gasteiger partial charge is 0.408 e. The van der Waals surface area contributed by atoms with E-state index >= 15 is 0 Å². The summed E-state index contributed by atoms with van der Waals surface area (Å²) in [6, 6.07) is 7.51. The molecule has 1 N–H and O–H groups in total. The van der Waals surface area contributed by atoms with Gasteiger partial charge < -0.3 is 19.6 Å². The Morgan fingerprint density at radius 1 is 1.17 bits per heavy atom. The number of nitrogens with one attached hydrogen (secondary N) is 1. The van der Waals surface area contributed by atoms with Gasteiger partial charge in [0.15, 0.2) is 0 Å². The first-order chi connectivity index (χ1) is 11.2. The molecule has 0 saturated heterocycles. The second-order valence-electron chi connectivity index (χ2n) is 6.17. The summed E-state index contributed by atoms with van der Waals surface area (Å²) >= 11 is 0. The Labute approximate surface area is 142 Å². The number of carbonyl (C=O) groups excluding carboxylic acids is 2. The molecule has 1 amide bonds. The van der Waals surface area contributed by atoms with E-state index in [0.29, 0.717) is 12.1 Å². The van der Waals surface area contributed by atoms with Gasteiger partial charge in [-0.2, -0.15) is 0 Å². The Kier molecular flexibility index (Phi) is 7.23. The topological polar surface area (TPSA) is 86.2 Å². The third kappa shape index (κ3) is 8.17. The number of ether oxygens (including phenoxy) is 2. The molecule has 24 heavy (non-hydrogen) atoms. The van der Waals surface area contributed by atoms with E-state index in [1.165, 1.54) is 0 Å². The first kappa shape index (κ1) is 19.5. The number of rotatable bonds is 6. The van der Waals surface area contributed by atoms with Crippen LogP contribution in [0.4, 0.5) is 4.79 Å². The van der Waals surface area contributed by atoms with E-state index in [0.717, 1.165) is 11.3 Å². The maximum absolute atomic E-state index is 11.5. The van der Waals surface area contributed by atoms with Crippen molar-refractivity contribution in [2.45, 2.75) is 39.7 Å². The highest BCUT2D eigenvalue weighted by atomic mass is 16.7. The van der Waals surface area contributed by atoms with Gasteiger partial charge in [-0.25, -0.2) is 9.59 Å². The van der Waals surface area contributed by atoms with Crippen LogP contribution in [-0.4, -0.2) is 37.0 Å². The summed E-state index contributed by atoms with van der Waals surface area (Å²) in [4.78, 5) is 27.7. The number of amides is 1. The van der Waals surface area contributed by atoms with Crippen LogP contribution in [0.2, 0.25) is 0 Å². The van der Waals surface area contributed by atoms with Crippen molar-refractivity contribution in [3.8, 4) is 5.75 Å². The average molecular weight is 336 g/mol. The normalized spacial score (nSPS) is 11.6. The number of hydrogen-bond acceptors (Lipinski definition) is 6. The predicted molar refractivity (Wildman–Crippen MR) is 90.1 cm³/mol. The summed E-state index contributed by atoms with van der Waals surface area (Å²) in [6.45, 7) is 6.64. The molecule has 1 aromatic carbocycles. The Morgan fingerprint density at radius 3 is 2.33 bits per heavy atom. The standard InChI is InChI=1S/C17H24N2O5/c1-12(10-13-6-8-14(22-5)9-7-13)19-24-15(20)11-18-16(21)23-17(2,3)4/h6-9H,10-11H2,1-5H3,(H,18,21)/b19-12+. The molecule has 0 aliphatic rings. The lowest BCUT2D eigenvalue weighted by Gasteiger charge is -2.19. The van der Waals surface area contributed by atoms with E-state index in [9.17, 15) is 9.59 Å². The number of carbonyl (C=O) groups is 2. The maximum Gasteiger partial charge on any atom is 0.408 e. The number of benzene rings is 1. The highest BCUT2D eigenvalue weighted by Gasteiger charge is 2.16. The third-order valence-corrected chi connectivity index (χ3v) is 2.70. The van der Waals surface area contributed by atoms with Crippen LogP contribution in [0.25, 0.3) is 0 Å². The van der Waals surface area contributed by atoms with Crippen molar-refractivity contribution in [1.82, 2.24) is 5.32 Å². The van der Waals surface area contributed by atoms with Gasteiger partial charge in [-0.15, -0.1) is 0 Å². The summed E-state index contributed by atoms with van der Waals surface area (Å²) < 4.78 is 10.1. The summed E-state index contributed by atoms with van der Waals surface area (Å²) in [5, 5.41) is 6.06. The van der Waals surface area contributed by atoms with Gasteiger partial charge in [-0.1, -0.05) is 17.3 Å². The molecule has 0 spiro atoms. The van der Waals surface area contributed by atoms with Crippen LogP contribution in [0, 0.1) is 0 Å². The molecule has 0 radical (unpaired) electrons. The van der Waals surface area contributed by atoms with Crippen molar-refractivity contribution < 1.29 is 23.9 Å². The summed E-state index contributed by atoms with van der Waals surface area (Å²) in [7, 11) is 1.60. The molecule has 0 unspecified atom stereocenters. The van der Waals surface area contributed by atoms with Crippen molar-refractivity contribution in [3.63, 3.8) is 0 Å². The molecule has 0 fully saturated rings. The fourth-order valence-corrected chi connectivity index (χ4v) is 1.69. The monoisotopic (exact) mass is 336 g/mol. The second-order valence-corrected chi connectivity index (χ2v) is 6.17. The lowest BCUT2D eigenvalue weighted by Crippen LogP contribution is -2.35. The molecule has 7 nitrogen and oxygen atoms in total. The molecule has 0 heterocycles. The Bertz CT molecular complexity index is 588. The van der Waals surface area contributed by atoms with Gasteiger partial charge in [-0.3, -0.25) is 0 Å². The highest BCUT2D eigenvalue weighted by Crippen LogP contribution is 2.12. The number of alkyl carbamates (subject to hydrolysis) is 1. The largest absolute Gasteiger partial charge is 0.497 e. The van der Waals surface area contributed by atoms with Crippen molar-refractivity contribution in [3.05, 3.63) is 29.8 Å². The van der Waals surface area contributed by atoms with E-state index in [2.05, 4.69) is 10.5 Å². The summed E-state index contributed by atoms with van der Waals surface area (Å²) in [5.41, 5.74) is 1.02. The first-order valence-corrected chi connectivity index (χ1v) is 7.52. The zero-order valence-electron chi connectivity index (χ0n) is 14.7. The fraction of sp³-hybridized carbons (Fsp3) is 0.471. The molecule has 132 valence electrons. The number of methoxy groups -OCH3 is 1. The lowest BCUT2D eigenvalue weighted by molar-refractivity contribution is -0.142. The van der Waals surface area contributed by atoms with Crippen LogP contribution in [-0.2, 0) is 20.8 Å². The number of hydrogen-bond donors (Lipinski definition) is 1. The molecular weight excluding hydrogens is 312 g/mol. The van der Waals surface area contributed by atoms with Crippen LogP contribution < -0.4 is 10.1 Å². The number of oxime groups is 1. The molecular formula is C17H24N2O5. The van der Waals surface area contributed by atoms with Gasteiger partial charge in [0.2, 0.25) is 0 Å². The van der Waals surface area contributed by atoms with Gasteiger partial charge in [-0.05, 0) is 45.4 Å². The van der Waals surface area contributed by atoms with Gasteiger partial charge in [0.05, 0.1) is 12.8 Å². The molecule has 7 heteroatoms. The Balaban J connectivity index is 2.38. The van der Waals surface area contributed by atoms with E-state index in [-0.39, 0.29) is 6.54 Å². The highest BCUT2D eigenvalue weighted by molar-refractivity contribution is 5.85. The zero-order chi connectivity index (χ0) is 18.2. The second kappa shape index (κ2) is 8.90. The van der Waals surface area contributed by atoms with Gasteiger partial charge in [0.25, 0.3) is 0 Å². The van der Waals surface area contributed by atoms with Crippen LogP contribution in [0.1, 0.15) is 33.3 Å². The Morgan fingerprint density at radius 2 is 1.79 bits per heavy atom. The maximum atomic E-state index is 11.5. The average Bonchev–Trinajstić information content (AvgIpc) is 2.50. The minimum atomic E-state index is -0.682. The molecule has 0 atom stereocenters. The van der Waals surface area contributed by atoms with E-state index in [1.807, 2.05) is 24.3 Å². The van der Waals surface area contributed by atoms with Crippen LogP contribution in [0.15, 0.2) is 29.4 Å². The minimum absolute atomic E-state index is 0.311. The fourth-order valence-electron chi connectivity index (χ4n) is 1.69. The van der Waals surface area contributed by atoms with E-state index in [1.54, 1.807) is 34.8 Å². The molecule has 0 aromatic heterocycles. The number of nitrogens with zero attached hydrogens (tertiary/aromatic N) is 1. The minimum Gasteiger partial charge on any atom is -0.497 e. The first-order valence-electron chi connectivity index (χ1n) is 7.52. The van der Waals surface area contributed by atoms with E-state index < -0.39 is 17.7 Å². The Hall–Kier alpha value is -2.57. The van der Waals surface area contributed by atoms with Crippen LogP contribution >= 0.6 is 0 Å². The molecule has 0 aliphatic heterocycles. The quantitative estimate of drug-likeness (QED) is 0.490. The summed E-state index contributed by atoms with van der Waals surface area (Å²) in [5.74, 6) is 0.0999. The van der Waals surface area contributed by atoms with Gasteiger partial charge in [0, 0.05) is 6.42 Å². The van der Waals surface area contributed by atoms with Crippen molar-refractivity contribution in [2.24, 2.45) is 5.16 Å².